The fourth-order valence-corrected chi connectivity index (χ4v) is 3.47. The van der Waals surface area contributed by atoms with E-state index in [2.05, 4.69) is 26.1 Å². The lowest BCUT2D eigenvalue weighted by Gasteiger charge is -2.36. The van der Waals surface area contributed by atoms with Crippen LogP contribution in [0.25, 0.3) is 11.1 Å². The standard InChI is InChI=1S/C20H22FN5.ClH/c1-24-14-16(13-23-24)15-25-9-11-26(12-10-25)20-18(6-4-8-22-20)17-5-2-3-7-19(17)21;/h2-8,13-14H,9-12,15H2,1H3;1H. The van der Waals surface area contributed by atoms with Gasteiger partial charge in [0.1, 0.15) is 11.6 Å². The molecule has 1 fully saturated rings. The Morgan fingerprint density at radius 1 is 1.00 bits per heavy atom. The first-order chi connectivity index (χ1) is 12.7. The van der Waals surface area contributed by atoms with Crippen molar-refractivity contribution < 1.29 is 4.39 Å². The summed E-state index contributed by atoms with van der Waals surface area (Å²) in [5.74, 6) is 0.649. The summed E-state index contributed by atoms with van der Waals surface area (Å²) in [7, 11) is 1.94. The summed E-state index contributed by atoms with van der Waals surface area (Å²) >= 11 is 0. The lowest BCUT2D eigenvalue weighted by Crippen LogP contribution is -2.46. The molecule has 142 valence electrons. The molecule has 3 heterocycles. The molecule has 0 atom stereocenters. The van der Waals surface area contributed by atoms with Crippen molar-refractivity contribution >= 4 is 18.2 Å². The Bertz CT molecular complexity index is 889. The number of hydrogen-bond acceptors (Lipinski definition) is 4. The summed E-state index contributed by atoms with van der Waals surface area (Å²) in [6.45, 7) is 4.55. The molecule has 1 aliphatic heterocycles. The number of nitrogens with zero attached hydrogens (tertiary/aromatic N) is 5. The minimum Gasteiger partial charge on any atom is -0.354 e. The van der Waals surface area contributed by atoms with Crippen molar-refractivity contribution in [3.05, 3.63) is 66.4 Å². The number of pyridine rings is 1. The summed E-state index contributed by atoms with van der Waals surface area (Å²) in [6, 6.07) is 10.7. The van der Waals surface area contributed by atoms with Crippen LogP contribution in [0.5, 0.6) is 0 Å². The van der Waals surface area contributed by atoms with Gasteiger partial charge < -0.3 is 4.90 Å². The Morgan fingerprint density at radius 3 is 2.44 bits per heavy atom. The lowest BCUT2D eigenvalue weighted by atomic mass is 10.1. The second-order valence-electron chi connectivity index (χ2n) is 6.64. The molecule has 1 aromatic carbocycles. The van der Waals surface area contributed by atoms with Crippen LogP contribution in [0, 0.1) is 5.82 Å². The zero-order valence-corrected chi connectivity index (χ0v) is 16.1. The summed E-state index contributed by atoms with van der Waals surface area (Å²) in [4.78, 5) is 9.23. The van der Waals surface area contributed by atoms with Gasteiger partial charge in [0.2, 0.25) is 0 Å². The molecule has 1 saturated heterocycles. The van der Waals surface area contributed by atoms with Crippen LogP contribution in [0.15, 0.2) is 55.0 Å². The van der Waals surface area contributed by atoms with Crippen LogP contribution < -0.4 is 4.90 Å². The van der Waals surface area contributed by atoms with Gasteiger partial charge in [0, 0.05) is 68.9 Å². The molecular weight excluding hydrogens is 365 g/mol. The Kier molecular flexibility index (Phi) is 6.08. The van der Waals surface area contributed by atoms with Gasteiger partial charge in [-0.1, -0.05) is 18.2 Å². The smallest absolute Gasteiger partial charge is 0.136 e. The molecule has 4 rings (SSSR count). The first-order valence-electron chi connectivity index (χ1n) is 8.85. The normalized spacial score (nSPS) is 14.8. The van der Waals surface area contributed by atoms with E-state index in [1.807, 2.05) is 42.2 Å². The number of hydrogen-bond donors (Lipinski definition) is 0. The molecule has 0 bridgehead atoms. The van der Waals surface area contributed by atoms with Crippen LogP contribution in [0.2, 0.25) is 0 Å². The van der Waals surface area contributed by atoms with Crippen LogP contribution >= 0.6 is 12.4 Å². The molecule has 0 saturated carbocycles. The van der Waals surface area contributed by atoms with Gasteiger partial charge in [-0.2, -0.15) is 5.10 Å². The number of anilines is 1. The molecule has 1 aliphatic rings. The molecule has 3 aromatic rings. The van der Waals surface area contributed by atoms with E-state index in [1.165, 1.54) is 11.6 Å². The SMILES string of the molecule is Cl.Cn1cc(CN2CCN(c3ncccc3-c3ccccc3F)CC2)cn1. The number of aryl methyl sites for hydroxylation is 1. The minimum atomic E-state index is -0.211. The van der Waals surface area contributed by atoms with Crippen molar-refractivity contribution in [3.8, 4) is 11.1 Å². The van der Waals surface area contributed by atoms with E-state index >= 15 is 0 Å². The Labute approximate surface area is 164 Å². The molecule has 0 radical (unpaired) electrons. The Hall–Kier alpha value is -2.44. The second kappa shape index (κ2) is 8.50. The van der Waals surface area contributed by atoms with E-state index in [0.29, 0.717) is 5.56 Å². The van der Waals surface area contributed by atoms with Gasteiger partial charge >= 0.3 is 0 Å². The molecule has 27 heavy (non-hydrogen) atoms. The highest BCUT2D eigenvalue weighted by Gasteiger charge is 2.21. The molecule has 0 unspecified atom stereocenters. The van der Waals surface area contributed by atoms with Gasteiger partial charge in [0.05, 0.1) is 6.20 Å². The van der Waals surface area contributed by atoms with E-state index in [-0.39, 0.29) is 18.2 Å². The van der Waals surface area contributed by atoms with E-state index in [4.69, 9.17) is 0 Å². The molecule has 0 N–H and O–H groups in total. The highest BCUT2D eigenvalue weighted by Crippen LogP contribution is 2.31. The molecule has 0 spiro atoms. The summed E-state index contributed by atoms with van der Waals surface area (Å²) < 4.78 is 16.1. The van der Waals surface area contributed by atoms with Crippen molar-refractivity contribution in [1.29, 1.82) is 0 Å². The van der Waals surface area contributed by atoms with Crippen LogP contribution in [0.1, 0.15) is 5.56 Å². The predicted molar refractivity (Wildman–Crippen MR) is 108 cm³/mol. The third-order valence-electron chi connectivity index (χ3n) is 4.79. The van der Waals surface area contributed by atoms with Crippen LogP contribution in [-0.4, -0.2) is 45.8 Å². The maximum absolute atomic E-state index is 14.3. The maximum atomic E-state index is 14.3. The third kappa shape index (κ3) is 4.28. The molecule has 7 heteroatoms. The minimum absolute atomic E-state index is 0. The monoisotopic (exact) mass is 387 g/mol. The summed E-state index contributed by atoms with van der Waals surface area (Å²) in [6.07, 6.45) is 5.75. The number of halogens is 2. The van der Waals surface area contributed by atoms with E-state index in [1.54, 1.807) is 12.3 Å². The van der Waals surface area contributed by atoms with Crippen LogP contribution in [-0.2, 0) is 13.6 Å². The molecule has 0 aliphatic carbocycles. The largest absolute Gasteiger partial charge is 0.354 e. The van der Waals surface area contributed by atoms with E-state index in [9.17, 15) is 4.39 Å². The number of rotatable bonds is 4. The molecule has 5 nitrogen and oxygen atoms in total. The second-order valence-corrected chi connectivity index (χ2v) is 6.64. The van der Waals surface area contributed by atoms with Gasteiger partial charge in [-0.15, -0.1) is 12.4 Å². The predicted octanol–water partition coefficient (Wildman–Crippen LogP) is 3.37. The van der Waals surface area contributed by atoms with Crippen molar-refractivity contribution in [1.82, 2.24) is 19.7 Å². The van der Waals surface area contributed by atoms with Gasteiger partial charge in [-0.3, -0.25) is 9.58 Å². The van der Waals surface area contributed by atoms with Crippen molar-refractivity contribution in [2.75, 3.05) is 31.1 Å². The first kappa shape index (κ1) is 19.3. The first-order valence-corrected chi connectivity index (χ1v) is 8.85. The van der Waals surface area contributed by atoms with E-state index in [0.717, 1.165) is 44.1 Å². The Morgan fingerprint density at radius 2 is 1.74 bits per heavy atom. The van der Waals surface area contributed by atoms with Crippen molar-refractivity contribution in [2.45, 2.75) is 6.54 Å². The van der Waals surface area contributed by atoms with Crippen LogP contribution in [0.4, 0.5) is 10.2 Å². The molecular formula is C20H23ClFN5. The fraction of sp³-hybridized carbons (Fsp3) is 0.300. The third-order valence-corrected chi connectivity index (χ3v) is 4.79. The zero-order valence-electron chi connectivity index (χ0n) is 15.3. The average Bonchev–Trinajstić information content (AvgIpc) is 3.08. The fourth-order valence-electron chi connectivity index (χ4n) is 3.47. The van der Waals surface area contributed by atoms with Gasteiger partial charge in [-0.05, 0) is 18.2 Å². The summed E-state index contributed by atoms with van der Waals surface area (Å²) in [5.41, 5.74) is 2.69. The molecule has 2 aromatic heterocycles. The maximum Gasteiger partial charge on any atom is 0.136 e. The van der Waals surface area contributed by atoms with Crippen LogP contribution in [0.3, 0.4) is 0 Å². The van der Waals surface area contributed by atoms with Crippen molar-refractivity contribution in [2.24, 2.45) is 7.05 Å². The number of benzene rings is 1. The zero-order chi connectivity index (χ0) is 17.9. The van der Waals surface area contributed by atoms with Gasteiger partial charge in [0.15, 0.2) is 0 Å². The molecule has 0 amide bonds. The number of piperazine rings is 1. The topological polar surface area (TPSA) is 37.2 Å². The highest BCUT2D eigenvalue weighted by atomic mass is 35.5. The lowest BCUT2D eigenvalue weighted by molar-refractivity contribution is 0.249. The van der Waals surface area contributed by atoms with Gasteiger partial charge in [-0.25, -0.2) is 9.37 Å². The quantitative estimate of drug-likeness (QED) is 0.688. The van der Waals surface area contributed by atoms with Crippen molar-refractivity contribution in [3.63, 3.8) is 0 Å². The highest BCUT2D eigenvalue weighted by molar-refractivity contribution is 5.85. The van der Waals surface area contributed by atoms with E-state index < -0.39 is 0 Å². The Balaban J connectivity index is 0.00000210. The van der Waals surface area contributed by atoms with Gasteiger partial charge in [0.25, 0.3) is 0 Å². The summed E-state index contributed by atoms with van der Waals surface area (Å²) in [5, 5.41) is 4.23. The average molecular weight is 388 g/mol. The number of aromatic nitrogens is 3.